The number of carbonyl (C=O) groups is 3. The first-order valence-corrected chi connectivity index (χ1v) is 8.87. The summed E-state index contributed by atoms with van der Waals surface area (Å²) in [6, 6.07) is 6.04. The van der Waals surface area contributed by atoms with Crippen molar-refractivity contribution >= 4 is 57.3 Å². The smallest absolute Gasteiger partial charge is 0.347 e. The minimum absolute atomic E-state index is 0.184. The number of hydrogen-bond acceptors (Lipinski definition) is 6. The van der Waals surface area contributed by atoms with Gasteiger partial charge in [0.25, 0.3) is 11.8 Å². The minimum Gasteiger partial charge on any atom is -0.477 e. The Hall–Kier alpha value is -2.29. The highest BCUT2D eigenvalue weighted by Crippen LogP contribution is 2.28. The Bertz CT molecular complexity index is 840. The summed E-state index contributed by atoms with van der Waals surface area (Å²) in [7, 11) is 0. The molecule has 0 unspecified atom stereocenters. The third-order valence-corrected chi connectivity index (χ3v) is 4.42. The lowest BCUT2D eigenvalue weighted by molar-refractivity contribution is -0.153. The van der Waals surface area contributed by atoms with Crippen molar-refractivity contribution in [2.75, 3.05) is 11.9 Å². The second-order valence-electron chi connectivity index (χ2n) is 5.02. The van der Waals surface area contributed by atoms with Gasteiger partial charge in [-0.1, -0.05) is 23.2 Å². The molecule has 1 aromatic carbocycles. The molecule has 1 aromatic heterocycles. The molecule has 0 saturated carbocycles. The van der Waals surface area contributed by atoms with Gasteiger partial charge in [0.15, 0.2) is 12.7 Å². The van der Waals surface area contributed by atoms with E-state index in [4.69, 9.17) is 38.4 Å². The molecule has 0 aliphatic carbocycles. The molecule has 1 atom stereocenters. The number of carbonyl (C=O) groups excluding carboxylic acids is 3. The van der Waals surface area contributed by atoms with E-state index in [2.05, 4.69) is 5.32 Å². The van der Waals surface area contributed by atoms with Gasteiger partial charge in [-0.2, -0.15) is 0 Å². The summed E-state index contributed by atoms with van der Waals surface area (Å²) in [5, 5.41) is 5.02. The van der Waals surface area contributed by atoms with Crippen molar-refractivity contribution in [1.29, 1.82) is 0 Å². The molecule has 0 aliphatic rings. The number of nitrogens with one attached hydrogen (secondary N) is 1. The number of halogens is 2. The number of ether oxygens (including phenoxy) is 2. The van der Waals surface area contributed by atoms with Crippen LogP contribution in [0.15, 0.2) is 29.6 Å². The molecule has 0 saturated heterocycles. The first-order valence-electron chi connectivity index (χ1n) is 7.23. The van der Waals surface area contributed by atoms with E-state index in [1.54, 1.807) is 11.4 Å². The Morgan fingerprint density at radius 1 is 1.27 bits per heavy atom. The van der Waals surface area contributed by atoms with Crippen LogP contribution in [-0.4, -0.2) is 30.5 Å². The average molecular weight is 417 g/mol. The highest BCUT2D eigenvalue weighted by molar-refractivity contribution is 7.14. The zero-order valence-electron chi connectivity index (χ0n) is 13.5. The van der Waals surface area contributed by atoms with Gasteiger partial charge in [-0.15, -0.1) is 11.3 Å². The Balaban J connectivity index is 1.86. The number of amides is 2. The fraction of sp³-hybridized carbons (Fsp3) is 0.188. The Labute approximate surface area is 163 Å². The van der Waals surface area contributed by atoms with Crippen LogP contribution in [0, 0.1) is 0 Å². The van der Waals surface area contributed by atoms with Crippen LogP contribution in [-0.2, 0) is 14.3 Å². The zero-order chi connectivity index (χ0) is 19.3. The molecular formula is C16H14Cl2N2O5S. The maximum atomic E-state index is 11.9. The van der Waals surface area contributed by atoms with E-state index in [9.17, 15) is 14.4 Å². The van der Waals surface area contributed by atoms with Crippen molar-refractivity contribution in [2.24, 2.45) is 5.73 Å². The molecule has 0 radical (unpaired) electrons. The number of rotatable bonds is 7. The largest absolute Gasteiger partial charge is 0.477 e. The number of esters is 1. The van der Waals surface area contributed by atoms with Gasteiger partial charge in [-0.25, -0.2) is 4.79 Å². The van der Waals surface area contributed by atoms with Gasteiger partial charge in [0.2, 0.25) is 0 Å². The van der Waals surface area contributed by atoms with E-state index in [-0.39, 0.29) is 21.3 Å². The Morgan fingerprint density at radius 3 is 2.65 bits per heavy atom. The Kier molecular flexibility index (Phi) is 6.84. The molecule has 2 rings (SSSR count). The van der Waals surface area contributed by atoms with Crippen molar-refractivity contribution in [2.45, 2.75) is 13.0 Å². The number of anilines is 1. The molecule has 0 aliphatic heterocycles. The minimum atomic E-state index is -0.996. The quantitative estimate of drug-likeness (QED) is 0.674. The lowest BCUT2D eigenvalue weighted by Crippen LogP contribution is -2.30. The predicted octanol–water partition coefficient (Wildman–Crippen LogP) is 3.10. The van der Waals surface area contributed by atoms with Crippen LogP contribution in [0.5, 0.6) is 5.75 Å². The second kappa shape index (κ2) is 8.88. The second-order valence-corrected chi connectivity index (χ2v) is 6.78. The molecule has 0 bridgehead atoms. The van der Waals surface area contributed by atoms with E-state index < -0.39 is 30.5 Å². The summed E-state index contributed by atoms with van der Waals surface area (Å²) in [5.41, 5.74) is 5.37. The van der Waals surface area contributed by atoms with Crippen LogP contribution in [0.25, 0.3) is 0 Å². The molecule has 1 heterocycles. The molecule has 26 heavy (non-hydrogen) atoms. The van der Waals surface area contributed by atoms with Crippen LogP contribution in [0.3, 0.4) is 0 Å². The molecular weight excluding hydrogens is 403 g/mol. The highest BCUT2D eigenvalue weighted by atomic mass is 35.5. The van der Waals surface area contributed by atoms with Crippen LogP contribution < -0.4 is 15.8 Å². The topological polar surface area (TPSA) is 108 Å². The van der Waals surface area contributed by atoms with Crippen molar-refractivity contribution in [1.82, 2.24) is 0 Å². The van der Waals surface area contributed by atoms with Crippen LogP contribution in [0.4, 0.5) is 5.00 Å². The third-order valence-electron chi connectivity index (χ3n) is 3.06. The Morgan fingerprint density at radius 2 is 2.00 bits per heavy atom. The van der Waals surface area contributed by atoms with E-state index in [1.165, 1.54) is 25.1 Å². The fourth-order valence-electron chi connectivity index (χ4n) is 1.83. The molecule has 2 amide bonds. The molecule has 7 nitrogen and oxygen atoms in total. The maximum absolute atomic E-state index is 11.9. The summed E-state index contributed by atoms with van der Waals surface area (Å²) < 4.78 is 10.3. The predicted molar refractivity (Wildman–Crippen MR) is 99.0 cm³/mol. The first-order chi connectivity index (χ1) is 12.3. The number of benzene rings is 1. The molecule has 0 fully saturated rings. The van der Waals surface area contributed by atoms with Crippen molar-refractivity contribution in [3.8, 4) is 5.75 Å². The lowest BCUT2D eigenvalue weighted by atomic mass is 10.3. The van der Waals surface area contributed by atoms with Crippen LogP contribution in [0.1, 0.15) is 17.3 Å². The molecule has 2 aromatic rings. The third kappa shape index (κ3) is 5.35. The SMILES string of the molecule is C[C@H](Oc1ccc(Cl)cc1Cl)C(=O)OCC(=O)Nc1sccc1C(N)=O. The van der Waals surface area contributed by atoms with Gasteiger partial charge >= 0.3 is 5.97 Å². The summed E-state index contributed by atoms with van der Waals surface area (Å²) in [4.78, 5) is 35.0. The van der Waals surface area contributed by atoms with Crippen LogP contribution in [0.2, 0.25) is 10.0 Å². The van der Waals surface area contributed by atoms with Gasteiger partial charge in [0.1, 0.15) is 10.8 Å². The van der Waals surface area contributed by atoms with Gasteiger partial charge in [0.05, 0.1) is 10.6 Å². The summed E-state index contributed by atoms with van der Waals surface area (Å²) in [5.74, 6) is -1.78. The summed E-state index contributed by atoms with van der Waals surface area (Å²) >= 11 is 12.9. The fourth-order valence-corrected chi connectivity index (χ4v) is 3.09. The molecule has 0 spiro atoms. The van der Waals surface area contributed by atoms with E-state index in [0.29, 0.717) is 5.02 Å². The van der Waals surface area contributed by atoms with Gasteiger partial charge in [0, 0.05) is 5.02 Å². The normalized spacial score (nSPS) is 11.5. The van der Waals surface area contributed by atoms with E-state index in [0.717, 1.165) is 11.3 Å². The average Bonchev–Trinajstić information content (AvgIpc) is 3.03. The number of hydrogen-bond donors (Lipinski definition) is 2. The number of nitrogens with two attached hydrogens (primary N) is 1. The van der Waals surface area contributed by atoms with Gasteiger partial charge < -0.3 is 20.5 Å². The maximum Gasteiger partial charge on any atom is 0.347 e. The molecule has 10 heteroatoms. The summed E-state index contributed by atoms with van der Waals surface area (Å²) in [6.07, 6.45) is -0.996. The lowest BCUT2D eigenvalue weighted by Gasteiger charge is -2.15. The number of primary amides is 1. The molecule has 3 N–H and O–H groups in total. The standard InChI is InChI=1S/C16H14Cl2N2O5S/c1-8(25-12-3-2-9(17)6-11(12)18)16(23)24-7-13(21)20-15-10(14(19)22)4-5-26-15/h2-6,8H,7H2,1H3,(H2,19,22)(H,20,21)/t8-/m0/s1. The molecule has 138 valence electrons. The van der Waals surface area contributed by atoms with Crippen LogP contribution >= 0.6 is 34.5 Å². The zero-order valence-corrected chi connectivity index (χ0v) is 15.8. The monoisotopic (exact) mass is 416 g/mol. The van der Waals surface area contributed by atoms with Crippen molar-refractivity contribution in [3.63, 3.8) is 0 Å². The number of thiophene rings is 1. The van der Waals surface area contributed by atoms with Gasteiger partial charge in [-0.3, -0.25) is 9.59 Å². The van der Waals surface area contributed by atoms with Crippen molar-refractivity contribution < 1.29 is 23.9 Å². The summed E-state index contributed by atoms with van der Waals surface area (Å²) in [6.45, 7) is 0.909. The van der Waals surface area contributed by atoms with Crippen molar-refractivity contribution in [3.05, 3.63) is 45.3 Å². The van der Waals surface area contributed by atoms with E-state index in [1.807, 2.05) is 0 Å². The van der Waals surface area contributed by atoms with E-state index >= 15 is 0 Å². The first kappa shape index (κ1) is 20.0. The van der Waals surface area contributed by atoms with Gasteiger partial charge in [-0.05, 0) is 36.6 Å². The highest BCUT2D eigenvalue weighted by Gasteiger charge is 2.20.